The van der Waals surface area contributed by atoms with E-state index in [-0.39, 0.29) is 11.1 Å². The van der Waals surface area contributed by atoms with E-state index >= 15 is 0 Å². The summed E-state index contributed by atoms with van der Waals surface area (Å²) in [5.41, 5.74) is 1.13. The van der Waals surface area contributed by atoms with Gasteiger partial charge in [0, 0.05) is 16.0 Å². The number of carboxylic acids is 1. The van der Waals surface area contributed by atoms with E-state index in [1.54, 1.807) is 0 Å². The van der Waals surface area contributed by atoms with E-state index in [0.29, 0.717) is 34.6 Å². The number of methoxy groups -OCH3 is 3. The van der Waals surface area contributed by atoms with E-state index in [4.69, 9.17) is 14.2 Å². The van der Waals surface area contributed by atoms with Crippen molar-refractivity contribution in [3.8, 4) is 17.2 Å². The first-order chi connectivity index (χ1) is 13.4. The first kappa shape index (κ1) is 20.0. The van der Waals surface area contributed by atoms with Gasteiger partial charge in [-0.25, -0.2) is 0 Å². The number of amides is 1. The van der Waals surface area contributed by atoms with Crippen LogP contribution >= 0.6 is 11.3 Å². The highest BCUT2D eigenvalue weighted by molar-refractivity contribution is 7.17. The molecule has 7 nitrogen and oxygen atoms in total. The van der Waals surface area contributed by atoms with E-state index in [2.05, 4.69) is 12.2 Å². The van der Waals surface area contributed by atoms with Crippen molar-refractivity contribution in [2.45, 2.75) is 26.2 Å². The third-order valence-corrected chi connectivity index (χ3v) is 6.04. The fraction of sp³-hybridized carbons (Fsp3) is 0.400. The molecule has 1 N–H and O–H groups in total. The van der Waals surface area contributed by atoms with Gasteiger partial charge in [-0.2, -0.15) is 0 Å². The Kier molecular flexibility index (Phi) is 5.79. The summed E-state index contributed by atoms with van der Waals surface area (Å²) in [5.74, 6) is -0.199. The van der Waals surface area contributed by atoms with Gasteiger partial charge in [0.25, 0.3) is 5.91 Å². The fourth-order valence-corrected chi connectivity index (χ4v) is 4.84. The summed E-state index contributed by atoms with van der Waals surface area (Å²) in [5, 5.41) is 14.8. The van der Waals surface area contributed by atoms with Gasteiger partial charge in [-0.15, -0.1) is 11.3 Å². The predicted octanol–water partition coefficient (Wildman–Crippen LogP) is 2.51. The highest BCUT2D eigenvalue weighted by atomic mass is 32.1. The summed E-state index contributed by atoms with van der Waals surface area (Å²) in [6, 6.07) is 3.04. The number of carbonyl (C=O) groups excluding carboxylic acids is 2. The summed E-state index contributed by atoms with van der Waals surface area (Å²) in [6.45, 7) is 2.13. The summed E-state index contributed by atoms with van der Waals surface area (Å²) in [4.78, 5) is 25.6. The van der Waals surface area contributed by atoms with Gasteiger partial charge in [0.15, 0.2) is 11.5 Å². The lowest BCUT2D eigenvalue weighted by Crippen LogP contribution is -2.26. The Balaban J connectivity index is 1.97. The van der Waals surface area contributed by atoms with Crippen LogP contribution in [0.25, 0.3) is 0 Å². The first-order valence-electron chi connectivity index (χ1n) is 8.86. The molecule has 1 aliphatic rings. The van der Waals surface area contributed by atoms with Crippen molar-refractivity contribution in [1.82, 2.24) is 0 Å². The second kappa shape index (κ2) is 8.10. The first-order valence-corrected chi connectivity index (χ1v) is 9.68. The highest BCUT2D eigenvalue weighted by Gasteiger charge is 2.26. The number of hydrogen-bond donors (Lipinski definition) is 1. The highest BCUT2D eigenvalue weighted by Crippen LogP contribution is 2.41. The molecular formula is C20H22NO6S-. The van der Waals surface area contributed by atoms with Gasteiger partial charge in [0.2, 0.25) is 5.75 Å². The Morgan fingerprint density at radius 3 is 2.32 bits per heavy atom. The van der Waals surface area contributed by atoms with Crippen LogP contribution in [0.4, 0.5) is 5.00 Å². The Morgan fingerprint density at radius 1 is 1.14 bits per heavy atom. The lowest BCUT2D eigenvalue weighted by molar-refractivity contribution is -0.255. The summed E-state index contributed by atoms with van der Waals surface area (Å²) in [7, 11) is 4.40. The lowest BCUT2D eigenvalue weighted by Gasteiger charge is -2.19. The molecule has 3 rings (SSSR count). The molecule has 0 fully saturated rings. The average molecular weight is 404 g/mol. The fourth-order valence-electron chi connectivity index (χ4n) is 3.44. The molecule has 28 heavy (non-hydrogen) atoms. The summed E-state index contributed by atoms with van der Waals surface area (Å²) >= 11 is 1.30. The van der Waals surface area contributed by atoms with Crippen LogP contribution in [-0.4, -0.2) is 33.2 Å². The van der Waals surface area contributed by atoms with Gasteiger partial charge in [0.05, 0.1) is 27.3 Å². The second-order valence-electron chi connectivity index (χ2n) is 6.71. The Morgan fingerprint density at radius 2 is 1.79 bits per heavy atom. The number of fused-ring (bicyclic) bond motifs is 1. The van der Waals surface area contributed by atoms with Crippen LogP contribution in [0, 0.1) is 5.92 Å². The zero-order valence-corrected chi connectivity index (χ0v) is 17.0. The number of carboxylic acid groups (broad SMARTS) is 1. The molecule has 0 radical (unpaired) electrons. The number of rotatable bonds is 6. The van der Waals surface area contributed by atoms with Crippen molar-refractivity contribution in [3.05, 3.63) is 33.7 Å². The zero-order valence-electron chi connectivity index (χ0n) is 16.2. The molecule has 1 aromatic heterocycles. The Bertz CT molecular complexity index is 895. The van der Waals surface area contributed by atoms with Crippen molar-refractivity contribution in [3.63, 3.8) is 0 Å². The molecular weight excluding hydrogens is 382 g/mol. The minimum Gasteiger partial charge on any atom is -0.545 e. The van der Waals surface area contributed by atoms with E-state index in [9.17, 15) is 14.7 Å². The van der Waals surface area contributed by atoms with E-state index in [1.165, 1.54) is 44.8 Å². The molecule has 0 bridgehead atoms. The molecule has 0 spiro atoms. The number of aromatic carboxylic acids is 1. The van der Waals surface area contributed by atoms with Gasteiger partial charge in [-0.1, -0.05) is 6.92 Å². The summed E-state index contributed by atoms with van der Waals surface area (Å²) in [6.07, 6.45) is 2.40. The Hall–Kier alpha value is -2.74. The van der Waals surface area contributed by atoms with Crippen molar-refractivity contribution in [2.75, 3.05) is 26.6 Å². The maximum atomic E-state index is 12.8. The molecule has 8 heteroatoms. The van der Waals surface area contributed by atoms with Crippen LogP contribution in [-0.2, 0) is 12.8 Å². The van der Waals surface area contributed by atoms with E-state index in [0.717, 1.165) is 23.3 Å². The molecule has 0 saturated heterocycles. The van der Waals surface area contributed by atoms with Crippen LogP contribution in [0.1, 0.15) is 44.5 Å². The van der Waals surface area contributed by atoms with Crippen LogP contribution in [0.5, 0.6) is 17.2 Å². The van der Waals surface area contributed by atoms with E-state index in [1.807, 2.05) is 0 Å². The number of hydrogen-bond acceptors (Lipinski definition) is 7. The van der Waals surface area contributed by atoms with Crippen molar-refractivity contribution in [1.29, 1.82) is 0 Å². The van der Waals surface area contributed by atoms with Gasteiger partial charge in [0.1, 0.15) is 5.00 Å². The third-order valence-electron chi connectivity index (χ3n) is 4.87. The van der Waals surface area contributed by atoms with Gasteiger partial charge in [-0.3, -0.25) is 4.79 Å². The molecule has 150 valence electrons. The largest absolute Gasteiger partial charge is 0.545 e. The SMILES string of the molecule is COc1cc(C(=O)Nc2sc3c(c2C(=O)[O-])CC[C@H](C)C3)cc(OC)c1OC. The maximum absolute atomic E-state index is 12.8. The van der Waals surface area contributed by atoms with Crippen molar-refractivity contribution in [2.24, 2.45) is 5.92 Å². The number of carbonyl (C=O) groups is 2. The third kappa shape index (κ3) is 3.64. The van der Waals surface area contributed by atoms with Gasteiger partial charge < -0.3 is 29.4 Å². The van der Waals surface area contributed by atoms with Gasteiger partial charge in [-0.05, 0) is 42.9 Å². The van der Waals surface area contributed by atoms with E-state index < -0.39 is 11.9 Å². The standard InChI is InChI=1S/C20H23NO6S/c1-10-5-6-12-15(7-10)28-19(16(12)20(23)24)21-18(22)11-8-13(25-2)17(27-4)14(9-11)26-3/h8-10H,5-7H2,1-4H3,(H,21,22)(H,23,24)/p-1/t10-/m0/s1. The molecule has 0 unspecified atom stereocenters. The Labute approximate surface area is 167 Å². The number of thiophene rings is 1. The smallest absolute Gasteiger partial charge is 0.256 e. The molecule has 1 aliphatic carbocycles. The molecule has 2 aromatic rings. The zero-order chi connectivity index (χ0) is 20.4. The second-order valence-corrected chi connectivity index (χ2v) is 7.82. The molecule has 1 amide bonds. The minimum absolute atomic E-state index is 0.0905. The van der Waals surface area contributed by atoms with Crippen LogP contribution in [0.3, 0.4) is 0 Å². The normalized spacial score (nSPS) is 15.5. The van der Waals surface area contributed by atoms with Crippen molar-refractivity contribution < 1.29 is 28.9 Å². The number of nitrogens with one attached hydrogen (secondary N) is 1. The average Bonchev–Trinajstić information content (AvgIpc) is 3.03. The number of anilines is 1. The number of benzene rings is 1. The maximum Gasteiger partial charge on any atom is 0.256 e. The van der Waals surface area contributed by atoms with Crippen LogP contribution < -0.4 is 24.6 Å². The number of ether oxygens (including phenoxy) is 3. The predicted molar refractivity (Wildman–Crippen MR) is 104 cm³/mol. The van der Waals surface area contributed by atoms with Crippen LogP contribution in [0.15, 0.2) is 12.1 Å². The molecule has 1 heterocycles. The molecule has 1 aromatic carbocycles. The summed E-state index contributed by atoms with van der Waals surface area (Å²) < 4.78 is 15.8. The van der Waals surface area contributed by atoms with Crippen LogP contribution in [0.2, 0.25) is 0 Å². The van der Waals surface area contributed by atoms with Crippen molar-refractivity contribution >= 4 is 28.2 Å². The minimum atomic E-state index is -1.27. The molecule has 0 saturated carbocycles. The lowest BCUT2D eigenvalue weighted by atomic mass is 9.88. The topological polar surface area (TPSA) is 96.9 Å². The monoisotopic (exact) mass is 404 g/mol. The molecule has 1 atom stereocenters. The van der Waals surface area contributed by atoms with Gasteiger partial charge >= 0.3 is 0 Å². The molecule has 0 aliphatic heterocycles. The quantitative estimate of drug-likeness (QED) is 0.795.